The van der Waals surface area contributed by atoms with Crippen LogP contribution < -0.4 is 5.73 Å². The van der Waals surface area contributed by atoms with E-state index in [-0.39, 0.29) is 0 Å². The van der Waals surface area contributed by atoms with Crippen LogP contribution in [0.5, 0.6) is 0 Å². The first-order valence-corrected chi connectivity index (χ1v) is 3.68. The molecule has 0 aromatic carbocycles. The van der Waals surface area contributed by atoms with E-state index in [0.717, 1.165) is 6.54 Å². The molecule has 60 valence electrons. The molecule has 0 atom stereocenters. The first-order chi connectivity index (χ1) is 5.34. The number of allylic oxidation sites excluding steroid dienone is 1. The second-order valence-corrected chi connectivity index (χ2v) is 2.36. The Morgan fingerprint density at radius 3 is 3.00 bits per heavy atom. The molecule has 0 spiro atoms. The summed E-state index contributed by atoms with van der Waals surface area (Å²) in [6.07, 6.45) is 5.74. The highest BCUT2D eigenvalue weighted by molar-refractivity contribution is 4.98. The maximum atomic E-state index is 5.29. The lowest BCUT2D eigenvalue weighted by molar-refractivity contribution is 0.678. The summed E-state index contributed by atoms with van der Waals surface area (Å²) < 4.78 is 1.92. The summed E-state index contributed by atoms with van der Waals surface area (Å²) in [6, 6.07) is 1.98. The fraction of sp³-hybridized carbons (Fsp3) is 0.375. The minimum Gasteiger partial charge on any atom is -0.327 e. The molecular weight excluding hydrogens is 138 g/mol. The predicted molar refractivity (Wildman–Crippen MR) is 45.2 cm³/mol. The number of aryl methyl sites for hydroxylation is 1. The van der Waals surface area contributed by atoms with Gasteiger partial charge in [0.25, 0.3) is 0 Å². The van der Waals surface area contributed by atoms with Crippen LogP contribution in [0.15, 0.2) is 24.4 Å². The van der Waals surface area contributed by atoms with E-state index in [1.807, 2.05) is 29.8 Å². The molecule has 0 saturated heterocycles. The van der Waals surface area contributed by atoms with Crippen molar-refractivity contribution in [1.82, 2.24) is 9.78 Å². The molecule has 0 radical (unpaired) electrons. The van der Waals surface area contributed by atoms with E-state index in [1.54, 1.807) is 6.20 Å². The quantitative estimate of drug-likeness (QED) is 0.646. The highest BCUT2D eigenvalue weighted by Crippen LogP contribution is 1.94. The fourth-order valence-electron chi connectivity index (χ4n) is 0.861. The second kappa shape index (κ2) is 3.93. The summed E-state index contributed by atoms with van der Waals surface area (Å²) in [6.45, 7) is 3.44. The van der Waals surface area contributed by atoms with E-state index in [9.17, 15) is 0 Å². The number of aromatic nitrogens is 2. The van der Waals surface area contributed by atoms with Crippen molar-refractivity contribution in [3.8, 4) is 0 Å². The molecule has 0 unspecified atom stereocenters. The van der Waals surface area contributed by atoms with Crippen LogP contribution in [0.1, 0.15) is 5.69 Å². The van der Waals surface area contributed by atoms with Crippen LogP contribution in [0.25, 0.3) is 0 Å². The highest BCUT2D eigenvalue weighted by Gasteiger charge is 1.90. The van der Waals surface area contributed by atoms with Gasteiger partial charge < -0.3 is 5.73 Å². The van der Waals surface area contributed by atoms with E-state index in [2.05, 4.69) is 5.10 Å². The number of rotatable bonds is 3. The van der Waals surface area contributed by atoms with E-state index < -0.39 is 0 Å². The predicted octanol–water partition coefficient (Wildman–Crippen LogP) is 0.706. The maximum Gasteiger partial charge on any atom is 0.0593 e. The van der Waals surface area contributed by atoms with Crippen LogP contribution in [0.2, 0.25) is 0 Å². The zero-order chi connectivity index (χ0) is 8.10. The van der Waals surface area contributed by atoms with Crippen LogP contribution >= 0.6 is 0 Å². The average molecular weight is 151 g/mol. The Bertz CT molecular complexity index is 237. The lowest BCUT2D eigenvalue weighted by Crippen LogP contribution is -2.00. The summed E-state index contributed by atoms with van der Waals surface area (Å²) in [5.41, 5.74) is 6.46. The molecule has 0 saturated carbocycles. The number of hydrogen-bond donors (Lipinski definition) is 1. The van der Waals surface area contributed by atoms with Gasteiger partial charge in [-0.15, -0.1) is 0 Å². The SMILES string of the molecule is Cc1ccnn1CC=CCN. The van der Waals surface area contributed by atoms with Crippen molar-refractivity contribution in [3.63, 3.8) is 0 Å². The Morgan fingerprint density at radius 2 is 2.45 bits per heavy atom. The van der Waals surface area contributed by atoms with Crippen molar-refractivity contribution in [2.75, 3.05) is 6.54 Å². The monoisotopic (exact) mass is 151 g/mol. The van der Waals surface area contributed by atoms with Crippen molar-refractivity contribution >= 4 is 0 Å². The third-order valence-electron chi connectivity index (χ3n) is 1.51. The molecule has 11 heavy (non-hydrogen) atoms. The van der Waals surface area contributed by atoms with E-state index in [1.165, 1.54) is 5.69 Å². The molecule has 1 heterocycles. The van der Waals surface area contributed by atoms with Gasteiger partial charge in [0.05, 0.1) is 6.54 Å². The molecule has 0 fully saturated rings. The molecule has 0 amide bonds. The molecule has 1 aromatic rings. The van der Waals surface area contributed by atoms with E-state index in [0.29, 0.717) is 6.54 Å². The minimum atomic E-state index is 0.598. The Labute approximate surface area is 66.5 Å². The molecule has 0 aliphatic carbocycles. The summed E-state index contributed by atoms with van der Waals surface area (Å²) in [4.78, 5) is 0. The summed E-state index contributed by atoms with van der Waals surface area (Å²) in [7, 11) is 0. The van der Waals surface area contributed by atoms with E-state index >= 15 is 0 Å². The van der Waals surface area contributed by atoms with Gasteiger partial charge in [-0.2, -0.15) is 5.10 Å². The maximum absolute atomic E-state index is 5.29. The summed E-state index contributed by atoms with van der Waals surface area (Å²) in [5.74, 6) is 0. The third kappa shape index (κ3) is 2.20. The van der Waals surface area contributed by atoms with Gasteiger partial charge in [0, 0.05) is 18.4 Å². The summed E-state index contributed by atoms with van der Waals surface area (Å²) in [5, 5.41) is 4.11. The van der Waals surface area contributed by atoms with Crippen molar-refractivity contribution < 1.29 is 0 Å². The zero-order valence-corrected chi connectivity index (χ0v) is 6.70. The molecule has 2 N–H and O–H groups in total. The van der Waals surface area contributed by atoms with Crippen LogP contribution in [-0.2, 0) is 6.54 Å². The van der Waals surface area contributed by atoms with Gasteiger partial charge in [0.2, 0.25) is 0 Å². The number of nitrogens with two attached hydrogens (primary N) is 1. The van der Waals surface area contributed by atoms with Crippen LogP contribution in [-0.4, -0.2) is 16.3 Å². The smallest absolute Gasteiger partial charge is 0.0593 e. The highest BCUT2D eigenvalue weighted by atomic mass is 15.3. The zero-order valence-electron chi connectivity index (χ0n) is 6.70. The fourth-order valence-corrected chi connectivity index (χ4v) is 0.861. The molecule has 1 rings (SSSR count). The van der Waals surface area contributed by atoms with E-state index in [4.69, 9.17) is 5.73 Å². The molecule has 3 heteroatoms. The Morgan fingerprint density at radius 1 is 1.64 bits per heavy atom. The van der Waals surface area contributed by atoms with Gasteiger partial charge >= 0.3 is 0 Å². The van der Waals surface area contributed by atoms with Gasteiger partial charge in [0.1, 0.15) is 0 Å². The lowest BCUT2D eigenvalue weighted by Gasteiger charge is -1.97. The molecule has 3 nitrogen and oxygen atoms in total. The Kier molecular flexibility index (Phi) is 2.86. The van der Waals surface area contributed by atoms with Gasteiger partial charge in [-0.1, -0.05) is 12.2 Å². The van der Waals surface area contributed by atoms with Crippen molar-refractivity contribution in [2.24, 2.45) is 5.73 Å². The van der Waals surface area contributed by atoms with Crippen LogP contribution in [0, 0.1) is 6.92 Å². The Balaban J connectivity index is 2.50. The third-order valence-corrected chi connectivity index (χ3v) is 1.51. The van der Waals surface area contributed by atoms with Crippen LogP contribution in [0.3, 0.4) is 0 Å². The van der Waals surface area contributed by atoms with Gasteiger partial charge in [0.15, 0.2) is 0 Å². The number of nitrogens with zero attached hydrogens (tertiary/aromatic N) is 2. The average Bonchev–Trinajstić information content (AvgIpc) is 2.37. The van der Waals surface area contributed by atoms with Gasteiger partial charge in [-0.3, -0.25) is 4.68 Å². The van der Waals surface area contributed by atoms with Crippen molar-refractivity contribution in [1.29, 1.82) is 0 Å². The largest absolute Gasteiger partial charge is 0.327 e. The summed E-state index contributed by atoms with van der Waals surface area (Å²) >= 11 is 0. The molecular formula is C8H13N3. The topological polar surface area (TPSA) is 43.8 Å². The van der Waals surface area contributed by atoms with Crippen molar-refractivity contribution in [2.45, 2.75) is 13.5 Å². The lowest BCUT2D eigenvalue weighted by atomic mass is 10.4. The first kappa shape index (κ1) is 8.01. The molecule has 0 aliphatic rings. The van der Waals surface area contributed by atoms with Crippen LogP contribution in [0.4, 0.5) is 0 Å². The molecule has 0 aliphatic heterocycles. The standard InChI is InChI=1S/C8H13N3/c1-8-4-6-10-11(8)7-3-2-5-9/h2-4,6H,5,7,9H2,1H3. The Hall–Kier alpha value is -1.09. The normalized spacial score (nSPS) is 11.1. The minimum absolute atomic E-state index is 0.598. The van der Waals surface area contributed by atoms with Crippen molar-refractivity contribution in [3.05, 3.63) is 30.1 Å². The molecule has 1 aromatic heterocycles. The second-order valence-electron chi connectivity index (χ2n) is 2.36. The number of hydrogen-bond acceptors (Lipinski definition) is 2. The molecule has 0 bridgehead atoms. The van der Waals surface area contributed by atoms with Gasteiger partial charge in [-0.25, -0.2) is 0 Å². The first-order valence-electron chi connectivity index (χ1n) is 3.68. The van der Waals surface area contributed by atoms with Gasteiger partial charge in [-0.05, 0) is 13.0 Å².